The minimum absolute atomic E-state index is 0.112. The summed E-state index contributed by atoms with van der Waals surface area (Å²) in [5, 5.41) is 8.92. The minimum Gasteiger partial charge on any atom is -0.481 e. The van der Waals surface area contributed by atoms with E-state index in [1.54, 1.807) is 11.8 Å². The molecule has 120 valence electrons. The molecule has 0 bridgehead atoms. The van der Waals surface area contributed by atoms with Crippen LogP contribution < -0.4 is 0 Å². The molecule has 1 aliphatic heterocycles. The van der Waals surface area contributed by atoms with Crippen molar-refractivity contribution >= 4 is 16.0 Å². The fraction of sp³-hybridized carbons (Fsp3) is 0.786. The summed E-state index contributed by atoms with van der Waals surface area (Å²) in [5.41, 5.74) is 0. The molecular weight excluding hydrogens is 292 g/mol. The summed E-state index contributed by atoms with van der Waals surface area (Å²) >= 11 is 0. The Morgan fingerprint density at radius 2 is 2.10 bits per heavy atom. The highest BCUT2D eigenvalue weighted by Gasteiger charge is 2.26. The maximum Gasteiger partial charge on any atom is 0.308 e. The largest absolute Gasteiger partial charge is 0.481 e. The topological polar surface area (TPSA) is 77.9 Å². The van der Waals surface area contributed by atoms with Gasteiger partial charge < -0.3 is 10.0 Å². The van der Waals surface area contributed by atoms with Crippen LogP contribution in [-0.4, -0.2) is 54.1 Å². The van der Waals surface area contributed by atoms with E-state index in [9.17, 15) is 13.2 Å². The zero-order valence-electron chi connectivity index (χ0n) is 12.7. The molecule has 0 saturated carbocycles. The number of carboxylic acids is 1. The number of unbranched alkanes of at least 4 members (excludes halogenated alkanes) is 2. The smallest absolute Gasteiger partial charge is 0.308 e. The molecule has 0 radical (unpaired) electrons. The number of hydrogen-bond donors (Lipinski definition) is 1. The first kappa shape index (κ1) is 17.6. The van der Waals surface area contributed by atoms with Gasteiger partial charge in [0.15, 0.2) is 0 Å². The summed E-state index contributed by atoms with van der Waals surface area (Å²) in [5.74, 6) is -1.12. The lowest BCUT2D eigenvalue weighted by molar-refractivity contribution is -0.141. The maximum absolute atomic E-state index is 12.1. The molecule has 0 aromatic heterocycles. The van der Waals surface area contributed by atoms with Crippen molar-refractivity contribution in [1.82, 2.24) is 9.21 Å². The quantitative estimate of drug-likeness (QED) is 0.433. The van der Waals surface area contributed by atoms with E-state index < -0.39 is 21.9 Å². The molecule has 0 amide bonds. The maximum atomic E-state index is 12.1. The lowest BCUT2D eigenvalue weighted by Crippen LogP contribution is -2.29. The fourth-order valence-corrected chi connectivity index (χ4v) is 3.54. The van der Waals surface area contributed by atoms with Gasteiger partial charge in [0.05, 0.1) is 11.7 Å². The molecule has 21 heavy (non-hydrogen) atoms. The van der Waals surface area contributed by atoms with E-state index in [0.717, 1.165) is 17.1 Å². The highest BCUT2D eigenvalue weighted by Crippen LogP contribution is 2.15. The Morgan fingerprint density at radius 1 is 1.38 bits per heavy atom. The second kappa shape index (κ2) is 8.13. The summed E-state index contributed by atoms with van der Waals surface area (Å²) < 4.78 is 25.4. The van der Waals surface area contributed by atoms with Gasteiger partial charge in [0.25, 0.3) is 0 Å². The first-order valence-electron chi connectivity index (χ1n) is 7.40. The van der Waals surface area contributed by atoms with Gasteiger partial charge in [-0.2, -0.15) is 0 Å². The second-order valence-electron chi connectivity index (χ2n) is 5.18. The van der Waals surface area contributed by atoms with Gasteiger partial charge in [-0.1, -0.05) is 19.8 Å². The SMILES string of the molecule is CCCCCS(=O)(=O)N(C#CN1CCC(C(=O)O)C1)CC. The Hall–Kier alpha value is -1.42. The van der Waals surface area contributed by atoms with Gasteiger partial charge in [0.2, 0.25) is 10.0 Å². The average Bonchev–Trinajstić information content (AvgIpc) is 2.88. The van der Waals surface area contributed by atoms with E-state index in [4.69, 9.17) is 5.11 Å². The van der Waals surface area contributed by atoms with Crippen molar-refractivity contribution in [3.8, 4) is 12.1 Å². The van der Waals surface area contributed by atoms with Crippen LogP contribution in [0, 0.1) is 18.0 Å². The molecule has 1 N–H and O–H groups in total. The zero-order chi connectivity index (χ0) is 15.9. The molecule has 0 aliphatic carbocycles. The monoisotopic (exact) mass is 316 g/mol. The number of sulfonamides is 1. The van der Waals surface area contributed by atoms with Crippen molar-refractivity contribution in [2.45, 2.75) is 39.5 Å². The molecule has 1 unspecified atom stereocenters. The van der Waals surface area contributed by atoms with Gasteiger partial charge in [0.1, 0.15) is 0 Å². The lowest BCUT2D eigenvalue weighted by Gasteiger charge is -2.16. The molecule has 1 fully saturated rings. The molecule has 6 nitrogen and oxygen atoms in total. The van der Waals surface area contributed by atoms with Crippen LogP contribution in [0.5, 0.6) is 0 Å². The Balaban J connectivity index is 2.62. The van der Waals surface area contributed by atoms with Crippen LogP contribution in [0.2, 0.25) is 0 Å². The van der Waals surface area contributed by atoms with E-state index in [1.165, 1.54) is 0 Å². The molecule has 1 aliphatic rings. The molecule has 1 saturated heterocycles. The molecule has 1 heterocycles. The average molecular weight is 316 g/mol. The lowest BCUT2D eigenvalue weighted by atomic mass is 10.1. The highest BCUT2D eigenvalue weighted by molar-refractivity contribution is 7.89. The molecule has 0 aromatic carbocycles. The van der Waals surface area contributed by atoms with Crippen LogP contribution >= 0.6 is 0 Å². The predicted molar refractivity (Wildman–Crippen MR) is 80.8 cm³/mol. The Morgan fingerprint density at radius 3 is 2.62 bits per heavy atom. The Kier molecular flexibility index (Phi) is 6.82. The third kappa shape index (κ3) is 5.46. The molecule has 7 heteroatoms. The van der Waals surface area contributed by atoms with Gasteiger partial charge in [-0.3, -0.25) is 4.79 Å². The minimum atomic E-state index is -3.35. The first-order valence-corrected chi connectivity index (χ1v) is 9.01. The normalized spacial score (nSPS) is 18.2. The Labute approximate surface area is 127 Å². The van der Waals surface area contributed by atoms with Gasteiger partial charge in [-0.15, -0.1) is 0 Å². The van der Waals surface area contributed by atoms with Crippen molar-refractivity contribution in [2.75, 3.05) is 25.4 Å². The van der Waals surface area contributed by atoms with Crippen molar-refractivity contribution in [2.24, 2.45) is 5.92 Å². The summed E-state index contributed by atoms with van der Waals surface area (Å²) in [7, 11) is -3.35. The molecule has 1 atom stereocenters. The molecule has 0 spiro atoms. The molecule has 0 aromatic rings. The van der Waals surface area contributed by atoms with Crippen molar-refractivity contribution < 1.29 is 18.3 Å². The van der Waals surface area contributed by atoms with Crippen molar-refractivity contribution in [3.05, 3.63) is 0 Å². The van der Waals surface area contributed by atoms with Crippen molar-refractivity contribution in [1.29, 1.82) is 0 Å². The van der Waals surface area contributed by atoms with Crippen molar-refractivity contribution in [3.63, 3.8) is 0 Å². The first-order chi connectivity index (χ1) is 9.90. The second-order valence-corrected chi connectivity index (χ2v) is 7.19. The van der Waals surface area contributed by atoms with Crippen LogP contribution in [0.3, 0.4) is 0 Å². The number of carboxylic acid groups (broad SMARTS) is 1. The van der Waals surface area contributed by atoms with Crippen LogP contribution in [0.25, 0.3) is 0 Å². The highest BCUT2D eigenvalue weighted by atomic mass is 32.2. The van der Waals surface area contributed by atoms with Crippen LogP contribution in [0.15, 0.2) is 0 Å². The summed E-state index contributed by atoms with van der Waals surface area (Å²) in [6, 6.07) is 5.45. The fourth-order valence-electron chi connectivity index (χ4n) is 2.18. The van der Waals surface area contributed by atoms with E-state index in [0.29, 0.717) is 32.5 Å². The van der Waals surface area contributed by atoms with Crippen LogP contribution in [0.4, 0.5) is 0 Å². The van der Waals surface area contributed by atoms with Gasteiger partial charge in [-0.05, 0) is 19.8 Å². The number of nitrogens with zero attached hydrogens (tertiary/aromatic N) is 2. The third-order valence-corrected chi connectivity index (χ3v) is 5.32. The summed E-state index contributed by atoms with van der Waals surface area (Å²) in [6.45, 7) is 5.00. The number of hydrogen-bond acceptors (Lipinski definition) is 4. The number of rotatable bonds is 7. The van der Waals surface area contributed by atoms with E-state index >= 15 is 0 Å². The number of aliphatic carboxylic acids is 1. The Bertz CT molecular complexity index is 507. The standard InChI is InChI=1S/C14H24N2O4S/c1-3-5-6-11-21(19,20)16(4-2)10-9-15-8-7-13(12-15)14(17)18/h13H,3-8,11-12H2,1-2H3,(H,17,18). The predicted octanol–water partition coefficient (Wildman–Crippen LogP) is 1.15. The van der Waals surface area contributed by atoms with Gasteiger partial charge in [-0.25, -0.2) is 12.7 Å². The molecular formula is C14H24N2O4S. The van der Waals surface area contributed by atoms with E-state index in [-0.39, 0.29) is 5.75 Å². The van der Waals surface area contributed by atoms with E-state index in [1.807, 2.05) is 6.92 Å². The van der Waals surface area contributed by atoms with Gasteiger partial charge >= 0.3 is 5.97 Å². The third-order valence-electron chi connectivity index (χ3n) is 3.50. The number of likely N-dealkylation sites (tertiary alicyclic amines) is 1. The van der Waals surface area contributed by atoms with Gasteiger partial charge in [0, 0.05) is 31.7 Å². The van der Waals surface area contributed by atoms with Crippen LogP contribution in [0.1, 0.15) is 39.5 Å². The summed E-state index contributed by atoms with van der Waals surface area (Å²) in [6.07, 6.45) is 3.05. The summed E-state index contributed by atoms with van der Waals surface area (Å²) in [4.78, 5) is 12.5. The van der Waals surface area contributed by atoms with E-state index in [2.05, 4.69) is 12.1 Å². The zero-order valence-corrected chi connectivity index (χ0v) is 13.5. The number of carbonyl (C=O) groups is 1. The van der Waals surface area contributed by atoms with Crippen LogP contribution in [-0.2, 0) is 14.8 Å². The molecule has 1 rings (SSSR count).